The Morgan fingerprint density at radius 3 is 2.76 bits per heavy atom. The molecule has 0 aliphatic carbocycles. The summed E-state index contributed by atoms with van der Waals surface area (Å²) in [6.07, 6.45) is 0. The van der Waals surface area contributed by atoms with Crippen molar-refractivity contribution >= 4 is 23.0 Å². The monoisotopic (exact) mass is 305 g/mol. The van der Waals surface area contributed by atoms with E-state index in [1.807, 2.05) is 6.07 Å². The number of nitrogens with one attached hydrogen (secondary N) is 1. The third-order valence-corrected chi connectivity index (χ3v) is 3.13. The minimum atomic E-state index is -0.580. The van der Waals surface area contributed by atoms with Gasteiger partial charge in [-0.3, -0.25) is 10.1 Å². The molecular weight excluding hydrogens is 297 g/mol. The van der Waals surface area contributed by atoms with Crippen molar-refractivity contribution in [2.24, 2.45) is 0 Å². The van der Waals surface area contributed by atoms with Crippen molar-refractivity contribution in [2.75, 3.05) is 5.32 Å². The number of hydrogen-bond acceptors (Lipinski definition) is 4. The van der Waals surface area contributed by atoms with Gasteiger partial charge >= 0.3 is 0 Å². The molecule has 0 bridgehead atoms. The van der Waals surface area contributed by atoms with E-state index >= 15 is 0 Å². The Balaban J connectivity index is 2.26. The Morgan fingerprint density at radius 1 is 1.33 bits per heavy atom. The van der Waals surface area contributed by atoms with Crippen molar-refractivity contribution in [3.63, 3.8) is 0 Å². The molecule has 0 aliphatic heterocycles. The normalized spacial score (nSPS) is 9.95. The van der Waals surface area contributed by atoms with Gasteiger partial charge in [0.05, 0.1) is 32.8 Å². The lowest BCUT2D eigenvalue weighted by Crippen LogP contribution is -2.04. The van der Waals surface area contributed by atoms with Crippen LogP contribution in [0.5, 0.6) is 0 Å². The summed E-state index contributed by atoms with van der Waals surface area (Å²) in [5, 5.41) is 23.0. The van der Waals surface area contributed by atoms with Crippen molar-refractivity contribution < 1.29 is 9.31 Å². The molecule has 0 fully saturated rings. The Hall–Kier alpha value is -2.65. The fourth-order valence-corrected chi connectivity index (χ4v) is 1.98. The molecule has 2 aromatic carbocycles. The highest BCUT2D eigenvalue weighted by Crippen LogP contribution is 2.25. The smallest absolute Gasteiger partial charge is 0.274 e. The van der Waals surface area contributed by atoms with Gasteiger partial charge in [-0.25, -0.2) is 4.39 Å². The highest BCUT2D eigenvalue weighted by atomic mass is 35.5. The highest BCUT2D eigenvalue weighted by Gasteiger charge is 2.14. The quantitative estimate of drug-likeness (QED) is 0.687. The molecule has 0 unspecified atom stereocenters. The van der Waals surface area contributed by atoms with Crippen LogP contribution < -0.4 is 5.32 Å². The van der Waals surface area contributed by atoms with E-state index in [2.05, 4.69) is 5.32 Å². The molecule has 106 valence electrons. The van der Waals surface area contributed by atoms with Gasteiger partial charge in [0.15, 0.2) is 0 Å². The van der Waals surface area contributed by atoms with Crippen LogP contribution in [-0.4, -0.2) is 4.92 Å². The zero-order valence-corrected chi connectivity index (χ0v) is 11.4. The molecule has 0 aliphatic rings. The summed E-state index contributed by atoms with van der Waals surface area (Å²) in [7, 11) is 0. The molecular formula is C14H9ClFN3O2. The molecule has 0 aromatic heterocycles. The number of halogens is 2. The molecule has 0 atom stereocenters. The van der Waals surface area contributed by atoms with Crippen LogP contribution in [0.1, 0.15) is 11.1 Å². The van der Waals surface area contributed by atoms with E-state index in [-0.39, 0.29) is 17.8 Å². The summed E-state index contributed by atoms with van der Waals surface area (Å²) in [6, 6.07) is 9.82. The van der Waals surface area contributed by atoms with Crippen LogP contribution in [0.15, 0.2) is 36.4 Å². The highest BCUT2D eigenvalue weighted by molar-refractivity contribution is 6.33. The number of nitrogens with zero attached hydrogens (tertiary/aromatic N) is 2. The molecule has 21 heavy (non-hydrogen) atoms. The van der Waals surface area contributed by atoms with E-state index in [9.17, 15) is 14.5 Å². The van der Waals surface area contributed by atoms with E-state index in [0.717, 1.165) is 18.2 Å². The zero-order chi connectivity index (χ0) is 15.4. The lowest BCUT2D eigenvalue weighted by Gasteiger charge is -2.09. The van der Waals surface area contributed by atoms with Gasteiger partial charge in [-0.1, -0.05) is 11.6 Å². The zero-order valence-electron chi connectivity index (χ0n) is 10.6. The van der Waals surface area contributed by atoms with Gasteiger partial charge < -0.3 is 5.32 Å². The van der Waals surface area contributed by atoms with Gasteiger partial charge in [-0.15, -0.1) is 0 Å². The van der Waals surface area contributed by atoms with Gasteiger partial charge in [0.25, 0.3) is 5.69 Å². The van der Waals surface area contributed by atoms with E-state index in [0.29, 0.717) is 16.3 Å². The molecule has 0 saturated carbocycles. The summed E-state index contributed by atoms with van der Waals surface area (Å²) in [4.78, 5) is 10.3. The average Bonchev–Trinajstić information content (AvgIpc) is 2.46. The summed E-state index contributed by atoms with van der Waals surface area (Å²) in [5.74, 6) is -0.561. The molecule has 0 spiro atoms. The van der Waals surface area contributed by atoms with Crippen LogP contribution in [0.25, 0.3) is 0 Å². The summed E-state index contributed by atoms with van der Waals surface area (Å²) in [6.45, 7) is 0.0165. The topological polar surface area (TPSA) is 79.0 Å². The van der Waals surface area contributed by atoms with Gasteiger partial charge in [-0.05, 0) is 30.3 Å². The SMILES string of the molecule is N#Cc1ccc(Cl)c(NCc2cc(F)ccc2[N+](=O)[O-])c1. The Bertz CT molecular complexity index is 743. The lowest BCUT2D eigenvalue weighted by molar-refractivity contribution is -0.385. The summed E-state index contributed by atoms with van der Waals surface area (Å²) >= 11 is 5.97. The van der Waals surface area contributed by atoms with Crippen LogP contribution in [-0.2, 0) is 6.54 Å². The first-order valence-corrected chi connectivity index (χ1v) is 6.25. The fourth-order valence-electron chi connectivity index (χ4n) is 1.79. The van der Waals surface area contributed by atoms with Crippen molar-refractivity contribution in [2.45, 2.75) is 6.54 Å². The van der Waals surface area contributed by atoms with E-state index < -0.39 is 10.7 Å². The van der Waals surface area contributed by atoms with Crippen LogP contribution in [0.4, 0.5) is 15.8 Å². The van der Waals surface area contributed by atoms with Crippen LogP contribution in [0.2, 0.25) is 5.02 Å². The maximum Gasteiger partial charge on any atom is 0.274 e. The minimum absolute atomic E-state index is 0.0165. The van der Waals surface area contributed by atoms with Crippen molar-refractivity contribution in [1.82, 2.24) is 0 Å². The second-order valence-electron chi connectivity index (χ2n) is 4.19. The van der Waals surface area contributed by atoms with Gasteiger partial charge in [0, 0.05) is 12.6 Å². The first-order valence-electron chi connectivity index (χ1n) is 5.87. The van der Waals surface area contributed by atoms with Gasteiger partial charge in [0.1, 0.15) is 5.82 Å². The largest absolute Gasteiger partial charge is 0.379 e. The van der Waals surface area contributed by atoms with Crippen LogP contribution in [0, 0.1) is 27.3 Å². The molecule has 0 amide bonds. The number of rotatable bonds is 4. The number of nitro benzene ring substituents is 1. The third-order valence-electron chi connectivity index (χ3n) is 2.80. The first-order chi connectivity index (χ1) is 10.0. The number of nitriles is 1. The summed E-state index contributed by atoms with van der Waals surface area (Å²) in [5.41, 5.74) is 0.861. The molecule has 0 heterocycles. The van der Waals surface area contributed by atoms with Crippen LogP contribution >= 0.6 is 11.6 Å². The van der Waals surface area contributed by atoms with Crippen molar-refractivity contribution in [3.8, 4) is 6.07 Å². The maximum atomic E-state index is 13.2. The Morgan fingerprint density at radius 2 is 2.10 bits per heavy atom. The summed E-state index contributed by atoms with van der Waals surface area (Å²) < 4.78 is 13.2. The third kappa shape index (κ3) is 3.46. The number of anilines is 1. The van der Waals surface area contributed by atoms with Crippen LogP contribution in [0.3, 0.4) is 0 Å². The van der Waals surface area contributed by atoms with Gasteiger partial charge in [-0.2, -0.15) is 5.26 Å². The van der Waals surface area contributed by atoms with E-state index in [1.54, 1.807) is 12.1 Å². The molecule has 0 radical (unpaired) electrons. The van der Waals surface area contributed by atoms with Crippen molar-refractivity contribution in [3.05, 3.63) is 68.5 Å². The number of hydrogen-bond donors (Lipinski definition) is 1. The van der Waals surface area contributed by atoms with Crippen molar-refractivity contribution in [1.29, 1.82) is 5.26 Å². The Labute approximate surface area is 124 Å². The number of nitro groups is 1. The molecule has 1 N–H and O–H groups in total. The van der Waals surface area contributed by atoms with Gasteiger partial charge in [0.2, 0.25) is 0 Å². The first kappa shape index (κ1) is 14.8. The Kier molecular flexibility index (Phi) is 4.36. The van der Waals surface area contributed by atoms with E-state index in [1.165, 1.54) is 6.07 Å². The molecule has 2 rings (SSSR count). The average molecular weight is 306 g/mol. The molecule has 2 aromatic rings. The standard InChI is InChI=1S/C14H9ClFN3O2/c15-12-3-1-9(7-17)5-13(12)18-8-10-6-11(16)2-4-14(10)19(20)21/h1-6,18H,8H2. The predicted octanol–water partition coefficient (Wildman–Crippen LogP) is 3.87. The minimum Gasteiger partial charge on any atom is -0.379 e. The number of benzene rings is 2. The fraction of sp³-hybridized carbons (Fsp3) is 0.0714. The predicted molar refractivity (Wildman–Crippen MR) is 76.5 cm³/mol. The molecule has 0 saturated heterocycles. The second-order valence-corrected chi connectivity index (χ2v) is 4.60. The molecule has 5 nitrogen and oxygen atoms in total. The second kappa shape index (κ2) is 6.20. The maximum absolute atomic E-state index is 13.2. The van der Waals surface area contributed by atoms with E-state index in [4.69, 9.17) is 16.9 Å². The molecule has 7 heteroatoms. The lowest BCUT2D eigenvalue weighted by atomic mass is 10.1.